The molecule has 0 saturated heterocycles. The number of aryl methyl sites for hydroxylation is 1. The number of benzene rings is 2. The Labute approximate surface area is 209 Å². The maximum Gasteiger partial charge on any atom is 0.258 e. The highest BCUT2D eigenvalue weighted by Crippen LogP contribution is 2.20. The minimum Gasteiger partial charge on any atom is -0.369 e. The predicted molar refractivity (Wildman–Crippen MR) is 137 cm³/mol. The molecule has 9 heteroatoms. The Bertz CT molecular complexity index is 1050. The second-order valence-electron chi connectivity index (χ2n) is 7.62. The molecule has 2 aromatic carbocycles. The van der Waals surface area contributed by atoms with Crippen molar-refractivity contribution in [2.45, 2.75) is 19.3 Å². The second kappa shape index (κ2) is 12.9. The normalized spacial score (nSPS) is 13.2. The van der Waals surface area contributed by atoms with E-state index in [1.807, 2.05) is 12.1 Å². The van der Waals surface area contributed by atoms with Crippen molar-refractivity contribution in [2.75, 3.05) is 34.6 Å². The van der Waals surface area contributed by atoms with E-state index in [1.165, 1.54) is 18.4 Å². The number of alkyl halides is 2. The SMILES string of the molecule is O=C(CCCc1ccc(N(CCCl)CCCl)cc1)N/N=C/c1cccc(N2C(=O)C=CC2=O)c1. The molecule has 34 heavy (non-hydrogen) atoms. The number of anilines is 2. The number of carbonyl (C=O) groups is 3. The van der Waals surface area contributed by atoms with Crippen LogP contribution in [0.2, 0.25) is 0 Å². The van der Waals surface area contributed by atoms with Crippen molar-refractivity contribution in [3.05, 3.63) is 71.8 Å². The summed E-state index contributed by atoms with van der Waals surface area (Å²) in [5.41, 5.74) is 5.85. The molecule has 0 spiro atoms. The van der Waals surface area contributed by atoms with Gasteiger partial charge in [0.1, 0.15) is 0 Å². The van der Waals surface area contributed by atoms with Crippen LogP contribution in [-0.2, 0) is 20.8 Å². The maximum atomic E-state index is 12.1. The molecule has 1 aliphatic heterocycles. The molecule has 1 N–H and O–H groups in total. The van der Waals surface area contributed by atoms with E-state index in [0.717, 1.165) is 35.7 Å². The molecule has 1 aliphatic rings. The van der Waals surface area contributed by atoms with E-state index in [-0.39, 0.29) is 17.7 Å². The van der Waals surface area contributed by atoms with Gasteiger partial charge >= 0.3 is 0 Å². The Morgan fingerprint density at radius 2 is 1.68 bits per heavy atom. The highest BCUT2D eigenvalue weighted by molar-refractivity contribution is 6.28. The summed E-state index contributed by atoms with van der Waals surface area (Å²) in [6.45, 7) is 1.48. The third-order valence-electron chi connectivity index (χ3n) is 5.22. The van der Waals surface area contributed by atoms with Crippen molar-refractivity contribution in [3.63, 3.8) is 0 Å². The largest absolute Gasteiger partial charge is 0.369 e. The number of nitrogens with zero attached hydrogens (tertiary/aromatic N) is 3. The number of rotatable bonds is 12. The Morgan fingerprint density at radius 3 is 2.32 bits per heavy atom. The Kier molecular flexibility index (Phi) is 9.67. The van der Waals surface area contributed by atoms with Crippen molar-refractivity contribution in [1.29, 1.82) is 0 Å². The van der Waals surface area contributed by atoms with E-state index in [1.54, 1.807) is 24.3 Å². The van der Waals surface area contributed by atoms with Crippen LogP contribution in [0.1, 0.15) is 24.0 Å². The molecule has 0 unspecified atom stereocenters. The van der Waals surface area contributed by atoms with Crippen molar-refractivity contribution in [3.8, 4) is 0 Å². The summed E-state index contributed by atoms with van der Waals surface area (Å²) in [5.74, 6) is 0.122. The first-order valence-electron chi connectivity index (χ1n) is 11.0. The Balaban J connectivity index is 1.44. The van der Waals surface area contributed by atoms with Gasteiger partial charge in [-0.05, 0) is 48.2 Å². The van der Waals surface area contributed by atoms with Gasteiger partial charge in [-0.2, -0.15) is 5.10 Å². The molecular weight excluding hydrogens is 475 g/mol. The zero-order chi connectivity index (χ0) is 24.3. The molecule has 3 amide bonds. The monoisotopic (exact) mass is 500 g/mol. The molecule has 0 radical (unpaired) electrons. The quantitative estimate of drug-likeness (QED) is 0.207. The van der Waals surface area contributed by atoms with Crippen LogP contribution in [-0.4, -0.2) is 48.8 Å². The second-order valence-corrected chi connectivity index (χ2v) is 8.37. The number of hydrogen-bond acceptors (Lipinski definition) is 5. The smallest absolute Gasteiger partial charge is 0.258 e. The minimum absolute atomic E-state index is 0.187. The first-order valence-corrected chi connectivity index (χ1v) is 12.0. The lowest BCUT2D eigenvalue weighted by molar-refractivity contribution is -0.121. The molecule has 0 atom stereocenters. The van der Waals surface area contributed by atoms with Crippen LogP contribution >= 0.6 is 23.2 Å². The third-order valence-corrected chi connectivity index (χ3v) is 5.56. The zero-order valence-electron chi connectivity index (χ0n) is 18.6. The molecule has 0 bridgehead atoms. The number of carbonyl (C=O) groups excluding carboxylic acids is 3. The molecular formula is C25H26Cl2N4O3. The molecule has 0 aliphatic carbocycles. The summed E-state index contributed by atoms with van der Waals surface area (Å²) in [6.07, 6.45) is 5.75. The highest BCUT2D eigenvalue weighted by Gasteiger charge is 2.24. The lowest BCUT2D eigenvalue weighted by Crippen LogP contribution is -2.29. The van der Waals surface area contributed by atoms with Gasteiger partial charge < -0.3 is 4.90 Å². The van der Waals surface area contributed by atoms with E-state index in [4.69, 9.17) is 23.2 Å². The molecule has 178 valence electrons. The van der Waals surface area contributed by atoms with Crippen molar-refractivity contribution >= 4 is 58.5 Å². The van der Waals surface area contributed by atoms with Gasteiger partial charge in [-0.15, -0.1) is 23.2 Å². The van der Waals surface area contributed by atoms with Gasteiger partial charge in [-0.3, -0.25) is 14.4 Å². The molecule has 2 aromatic rings. The lowest BCUT2D eigenvalue weighted by atomic mass is 10.1. The summed E-state index contributed by atoms with van der Waals surface area (Å²) < 4.78 is 0. The van der Waals surface area contributed by atoms with Crippen LogP contribution in [0.15, 0.2) is 65.8 Å². The van der Waals surface area contributed by atoms with Crippen molar-refractivity contribution in [2.24, 2.45) is 5.10 Å². The minimum atomic E-state index is -0.384. The summed E-state index contributed by atoms with van der Waals surface area (Å²) in [4.78, 5) is 39.0. The fourth-order valence-electron chi connectivity index (χ4n) is 3.53. The molecule has 3 rings (SSSR count). The number of halogens is 2. The van der Waals surface area contributed by atoms with Crippen molar-refractivity contribution in [1.82, 2.24) is 5.43 Å². The standard InChI is InChI=1S/C25H26Cl2N4O3/c26-13-15-30(16-14-27)21-9-7-19(8-10-21)3-2-6-23(32)29-28-18-20-4-1-5-22(17-20)31-24(33)11-12-25(31)34/h1,4-5,7-12,17-18H,2-3,6,13-16H2,(H,29,32)/b28-18+. The lowest BCUT2D eigenvalue weighted by Gasteiger charge is -2.23. The highest BCUT2D eigenvalue weighted by atomic mass is 35.5. The van der Waals surface area contributed by atoms with Gasteiger partial charge in [0, 0.05) is 49.1 Å². The Hall–Kier alpha value is -3.16. The molecule has 7 nitrogen and oxygen atoms in total. The summed E-state index contributed by atoms with van der Waals surface area (Å²) in [5, 5.41) is 3.98. The summed E-state index contributed by atoms with van der Waals surface area (Å²) >= 11 is 11.7. The fourth-order valence-corrected chi connectivity index (χ4v) is 3.94. The van der Waals surface area contributed by atoms with Crippen LogP contribution in [0.5, 0.6) is 0 Å². The van der Waals surface area contributed by atoms with Crippen LogP contribution in [0.25, 0.3) is 0 Å². The van der Waals surface area contributed by atoms with E-state index in [9.17, 15) is 14.4 Å². The van der Waals surface area contributed by atoms with Crippen LogP contribution in [0.3, 0.4) is 0 Å². The first kappa shape index (κ1) is 25.5. The average molecular weight is 501 g/mol. The van der Waals surface area contributed by atoms with E-state index in [2.05, 4.69) is 27.6 Å². The number of hydrazone groups is 1. The molecule has 0 fully saturated rings. The topological polar surface area (TPSA) is 82.1 Å². The zero-order valence-corrected chi connectivity index (χ0v) is 20.1. The van der Waals surface area contributed by atoms with E-state index in [0.29, 0.717) is 35.9 Å². The molecule has 0 saturated carbocycles. The van der Waals surface area contributed by atoms with E-state index >= 15 is 0 Å². The molecule has 0 aromatic heterocycles. The predicted octanol–water partition coefficient (Wildman–Crippen LogP) is 3.87. The average Bonchev–Trinajstić information content (AvgIpc) is 3.17. The van der Waals surface area contributed by atoms with Crippen molar-refractivity contribution < 1.29 is 14.4 Å². The molecule has 1 heterocycles. The first-order chi connectivity index (χ1) is 16.5. The van der Waals surface area contributed by atoms with Gasteiger partial charge in [0.15, 0.2) is 0 Å². The number of amides is 3. The maximum absolute atomic E-state index is 12.1. The Morgan fingerprint density at radius 1 is 1.00 bits per heavy atom. The third kappa shape index (κ3) is 7.17. The van der Waals surface area contributed by atoms with Gasteiger partial charge in [0.2, 0.25) is 5.91 Å². The van der Waals surface area contributed by atoms with Gasteiger partial charge in [-0.1, -0.05) is 24.3 Å². The van der Waals surface area contributed by atoms with Crippen LogP contribution < -0.4 is 15.2 Å². The summed E-state index contributed by atoms with van der Waals surface area (Å²) in [6, 6.07) is 15.0. The van der Waals surface area contributed by atoms with Gasteiger partial charge in [0.25, 0.3) is 11.8 Å². The van der Waals surface area contributed by atoms with E-state index < -0.39 is 0 Å². The number of nitrogens with one attached hydrogen (secondary N) is 1. The van der Waals surface area contributed by atoms with Crippen LogP contribution in [0, 0.1) is 0 Å². The van der Waals surface area contributed by atoms with Gasteiger partial charge in [0.05, 0.1) is 11.9 Å². The van der Waals surface area contributed by atoms with Gasteiger partial charge in [-0.25, -0.2) is 10.3 Å². The fraction of sp³-hybridized carbons (Fsp3) is 0.280. The number of hydrogen-bond donors (Lipinski definition) is 1. The summed E-state index contributed by atoms with van der Waals surface area (Å²) in [7, 11) is 0. The van der Waals surface area contributed by atoms with Crippen LogP contribution in [0.4, 0.5) is 11.4 Å². The number of imide groups is 1.